The monoisotopic (exact) mass is 296 g/mol. The fourth-order valence-electron chi connectivity index (χ4n) is 1.08. The van der Waals surface area contributed by atoms with Crippen LogP contribution in [0.3, 0.4) is 0 Å². The molecule has 2 atom stereocenters. The van der Waals surface area contributed by atoms with Gasteiger partial charge in [0, 0.05) is 6.26 Å². The zero-order valence-corrected chi connectivity index (χ0v) is 10.3. The largest absolute Gasteiger partial charge is 0.386 e. The Labute approximate surface area is 96.0 Å². The number of hydrogen-bond acceptors (Lipinski definition) is 3. The van der Waals surface area contributed by atoms with E-state index in [4.69, 9.17) is 0 Å². The molecule has 0 heterocycles. The molecule has 0 unspecified atom stereocenters. The van der Waals surface area contributed by atoms with Crippen molar-refractivity contribution >= 4 is 25.8 Å². The van der Waals surface area contributed by atoms with E-state index in [1.54, 1.807) is 0 Å². The van der Waals surface area contributed by atoms with Crippen LogP contribution in [0.5, 0.6) is 0 Å². The molecule has 1 aromatic rings. The fraction of sp³-hybridized carbons (Fsp3) is 0.333. The maximum atomic E-state index is 12.8. The van der Waals surface area contributed by atoms with Crippen molar-refractivity contribution in [3.8, 4) is 0 Å². The quantitative estimate of drug-likeness (QED) is 0.863. The van der Waals surface area contributed by atoms with Crippen molar-refractivity contribution in [3.63, 3.8) is 0 Å². The number of halogens is 2. The molecule has 0 aliphatic rings. The maximum absolute atomic E-state index is 12.8. The van der Waals surface area contributed by atoms with Crippen molar-refractivity contribution in [1.82, 2.24) is 0 Å². The van der Waals surface area contributed by atoms with Crippen LogP contribution in [-0.4, -0.2) is 23.9 Å². The molecule has 0 aliphatic heterocycles. The average Bonchev–Trinajstić information content (AvgIpc) is 2.14. The summed E-state index contributed by atoms with van der Waals surface area (Å²) in [5.74, 6) is -0.514. The zero-order chi connectivity index (χ0) is 11.6. The van der Waals surface area contributed by atoms with Crippen LogP contribution in [0, 0.1) is 5.82 Å². The van der Waals surface area contributed by atoms with Gasteiger partial charge in [-0.15, -0.1) is 0 Å². The van der Waals surface area contributed by atoms with E-state index in [9.17, 15) is 17.9 Å². The minimum Gasteiger partial charge on any atom is -0.386 e. The van der Waals surface area contributed by atoms with Gasteiger partial charge in [0.2, 0.25) is 0 Å². The first-order chi connectivity index (χ1) is 6.82. The van der Waals surface area contributed by atoms with Crippen LogP contribution in [0.1, 0.15) is 11.7 Å². The first kappa shape index (κ1) is 12.6. The first-order valence-corrected chi connectivity index (χ1v) is 6.96. The molecule has 1 N–H and O–H groups in total. The van der Waals surface area contributed by atoms with E-state index < -0.39 is 25.9 Å². The first-order valence-electron chi connectivity index (χ1n) is 4.09. The lowest BCUT2D eigenvalue weighted by molar-refractivity contribution is 0.194. The summed E-state index contributed by atoms with van der Waals surface area (Å²) < 4.78 is 33.9. The van der Waals surface area contributed by atoms with Gasteiger partial charge in [0.15, 0.2) is 9.84 Å². The molecule has 1 rings (SSSR count). The second-order valence-electron chi connectivity index (χ2n) is 3.18. The SMILES string of the molecule is CS(=O)(=O)[C@H](Br)[C@H](O)c1cccc(F)c1. The number of benzene rings is 1. The van der Waals surface area contributed by atoms with E-state index in [0.717, 1.165) is 12.3 Å². The summed E-state index contributed by atoms with van der Waals surface area (Å²) in [7, 11) is -3.42. The summed E-state index contributed by atoms with van der Waals surface area (Å²) in [6.07, 6.45) is -0.287. The van der Waals surface area contributed by atoms with Crippen molar-refractivity contribution in [1.29, 1.82) is 0 Å². The molecule has 0 bridgehead atoms. The molecule has 15 heavy (non-hydrogen) atoms. The zero-order valence-electron chi connectivity index (χ0n) is 7.89. The molecule has 0 radical (unpaired) electrons. The lowest BCUT2D eigenvalue weighted by Crippen LogP contribution is -2.21. The molecule has 0 fully saturated rings. The van der Waals surface area contributed by atoms with Crippen LogP contribution in [0.2, 0.25) is 0 Å². The van der Waals surface area contributed by atoms with Crippen molar-refractivity contribution in [2.75, 3.05) is 6.26 Å². The molecular weight excluding hydrogens is 287 g/mol. The molecule has 6 heteroatoms. The summed E-state index contributed by atoms with van der Waals surface area (Å²) in [5, 5.41) is 9.66. The Morgan fingerprint density at radius 1 is 1.47 bits per heavy atom. The van der Waals surface area contributed by atoms with Gasteiger partial charge in [-0.2, -0.15) is 0 Å². The highest BCUT2D eigenvalue weighted by Gasteiger charge is 2.27. The normalized spacial score (nSPS) is 16.0. The lowest BCUT2D eigenvalue weighted by Gasteiger charge is -2.15. The standard InChI is InChI=1S/C9H10BrFO3S/c1-15(13,14)9(10)8(12)6-3-2-4-7(11)5-6/h2-5,8-9,12H,1H3/t8-,9+/m1/s1. The van der Waals surface area contributed by atoms with Gasteiger partial charge in [0.05, 0.1) is 0 Å². The molecule has 0 aromatic heterocycles. The van der Waals surface area contributed by atoms with Gasteiger partial charge < -0.3 is 5.11 Å². The molecule has 84 valence electrons. The number of sulfone groups is 1. The molecular formula is C9H10BrFO3S. The van der Waals surface area contributed by atoms with E-state index in [2.05, 4.69) is 15.9 Å². The number of hydrogen-bond donors (Lipinski definition) is 1. The Hall–Kier alpha value is -0.460. The Morgan fingerprint density at radius 2 is 2.07 bits per heavy atom. The van der Waals surface area contributed by atoms with Crippen LogP contribution in [0.15, 0.2) is 24.3 Å². The predicted octanol–water partition coefficient (Wildman–Crippen LogP) is 1.62. The predicted molar refractivity (Wildman–Crippen MR) is 58.9 cm³/mol. The summed E-state index contributed by atoms with van der Waals surface area (Å²) in [5.41, 5.74) is 0.224. The molecule has 0 saturated carbocycles. The van der Waals surface area contributed by atoms with Crippen LogP contribution in [0.4, 0.5) is 4.39 Å². The van der Waals surface area contributed by atoms with Gasteiger partial charge in [0.25, 0.3) is 0 Å². The van der Waals surface area contributed by atoms with E-state index in [-0.39, 0.29) is 5.56 Å². The summed E-state index contributed by atoms with van der Waals surface area (Å²) in [6.45, 7) is 0. The number of rotatable bonds is 3. The van der Waals surface area contributed by atoms with E-state index in [1.165, 1.54) is 18.2 Å². The maximum Gasteiger partial charge on any atom is 0.163 e. The minimum absolute atomic E-state index is 0.224. The topological polar surface area (TPSA) is 54.4 Å². The second-order valence-corrected chi connectivity index (χ2v) is 6.94. The van der Waals surface area contributed by atoms with E-state index >= 15 is 0 Å². The van der Waals surface area contributed by atoms with Gasteiger partial charge in [-0.25, -0.2) is 12.8 Å². The van der Waals surface area contributed by atoms with E-state index in [1.807, 2.05) is 0 Å². The van der Waals surface area contributed by atoms with Crippen molar-refractivity contribution in [3.05, 3.63) is 35.6 Å². The van der Waals surface area contributed by atoms with Crippen molar-refractivity contribution in [2.45, 2.75) is 10.3 Å². The Morgan fingerprint density at radius 3 is 2.53 bits per heavy atom. The third-order valence-electron chi connectivity index (χ3n) is 1.85. The van der Waals surface area contributed by atoms with Crippen LogP contribution in [0.25, 0.3) is 0 Å². The summed E-state index contributed by atoms with van der Waals surface area (Å²) >= 11 is 2.86. The van der Waals surface area contributed by atoms with Crippen molar-refractivity contribution in [2.24, 2.45) is 0 Å². The highest BCUT2D eigenvalue weighted by molar-refractivity contribution is 9.11. The second kappa shape index (κ2) is 4.59. The highest BCUT2D eigenvalue weighted by atomic mass is 79.9. The third kappa shape index (κ3) is 3.25. The Kier molecular flexibility index (Phi) is 3.86. The van der Waals surface area contributed by atoms with Gasteiger partial charge >= 0.3 is 0 Å². The fourth-order valence-corrected chi connectivity index (χ4v) is 2.01. The van der Waals surface area contributed by atoms with Gasteiger partial charge in [-0.3, -0.25) is 0 Å². The molecule has 0 spiro atoms. The molecule has 0 saturated heterocycles. The molecule has 0 amide bonds. The highest BCUT2D eigenvalue weighted by Crippen LogP contribution is 2.26. The van der Waals surface area contributed by atoms with Gasteiger partial charge in [-0.05, 0) is 17.7 Å². The average molecular weight is 297 g/mol. The van der Waals surface area contributed by atoms with Crippen LogP contribution >= 0.6 is 15.9 Å². The Bertz CT molecular complexity index is 446. The van der Waals surface area contributed by atoms with Crippen LogP contribution < -0.4 is 0 Å². The number of aliphatic hydroxyl groups is 1. The van der Waals surface area contributed by atoms with Crippen molar-refractivity contribution < 1.29 is 17.9 Å². The lowest BCUT2D eigenvalue weighted by atomic mass is 10.1. The Balaban J connectivity index is 3.00. The summed E-state index contributed by atoms with van der Waals surface area (Å²) in [6, 6.07) is 5.20. The third-order valence-corrected chi connectivity index (χ3v) is 5.46. The number of aliphatic hydroxyl groups excluding tert-OH is 1. The van der Waals surface area contributed by atoms with E-state index in [0.29, 0.717) is 0 Å². The molecule has 0 aliphatic carbocycles. The van der Waals surface area contributed by atoms with Gasteiger partial charge in [0.1, 0.15) is 16.1 Å². The smallest absolute Gasteiger partial charge is 0.163 e. The molecule has 1 aromatic carbocycles. The molecule has 3 nitrogen and oxygen atoms in total. The van der Waals surface area contributed by atoms with Gasteiger partial charge in [-0.1, -0.05) is 28.1 Å². The summed E-state index contributed by atoms with van der Waals surface area (Å²) in [4.78, 5) is 0. The number of alkyl halides is 1. The minimum atomic E-state index is -3.42. The van der Waals surface area contributed by atoms with Crippen LogP contribution in [-0.2, 0) is 9.84 Å².